The molecule has 1 heterocycles. The van der Waals surface area contributed by atoms with Gasteiger partial charge < -0.3 is 9.64 Å². The van der Waals surface area contributed by atoms with E-state index in [1.54, 1.807) is 4.90 Å². The summed E-state index contributed by atoms with van der Waals surface area (Å²) in [5.41, 5.74) is 0. The Kier molecular flexibility index (Phi) is 3.04. The summed E-state index contributed by atoms with van der Waals surface area (Å²) in [6.07, 6.45) is 1.31. The molecular weight excluding hydrogens is 234 g/mol. The van der Waals surface area contributed by atoms with E-state index in [1.807, 2.05) is 0 Å². The average molecular weight is 249 g/mol. The Morgan fingerprint density at radius 1 is 1.50 bits per heavy atom. The molecule has 0 aromatic heterocycles. The fraction of sp³-hybridized carbons (Fsp3) is 0.875. The lowest BCUT2D eigenvalue weighted by Crippen LogP contribution is -2.40. The molecule has 2 aliphatic rings. The maximum atomic E-state index is 11.4. The highest BCUT2D eigenvalue weighted by atomic mass is 32.2. The van der Waals surface area contributed by atoms with Crippen LogP contribution in [0.3, 0.4) is 0 Å². The number of cyclic esters (lactones) is 1. The first-order valence-corrected chi connectivity index (χ1v) is 6.65. The van der Waals surface area contributed by atoms with Crippen molar-refractivity contribution < 1.29 is 17.9 Å². The van der Waals surface area contributed by atoms with Crippen LogP contribution in [0, 0.1) is 0 Å². The largest absolute Gasteiger partial charge is 0.443 e. The van der Waals surface area contributed by atoms with Crippen LogP contribution in [0.5, 0.6) is 0 Å². The van der Waals surface area contributed by atoms with Crippen LogP contribution in [0.4, 0.5) is 4.79 Å². The van der Waals surface area contributed by atoms with Crippen LogP contribution >= 0.6 is 0 Å². The van der Waals surface area contributed by atoms with Gasteiger partial charge in [0.25, 0.3) is 10.2 Å². The summed E-state index contributed by atoms with van der Waals surface area (Å²) in [5, 5.41) is 0. The van der Waals surface area contributed by atoms with Crippen LogP contribution in [0.25, 0.3) is 0 Å². The molecule has 0 radical (unpaired) electrons. The number of carbonyl (C=O) groups excluding carboxylic acids is 1. The zero-order valence-electron chi connectivity index (χ0n) is 8.97. The second kappa shape index (κ2) is 4.19. The predicted octanol–water partition coefficient (Wildman–Crippen LogP) is -0.977. The van der Waals surface area contributed by atoms with Gasteiger partial charge >= 0.3 is 6.09 Å². The lowest BCUT2D eigenvalue weighted by Gasteiger charge is -2.11. The minimum Gasteiger partial charge on any atom is -0.443 e. The SMILES string of the molecule is CNS(=O)(=O)NCC1CN(C2CC2)C(=O)O1. The number of nitrogens with zero attached hydrogens (tertiary/aromatic N) is 1. The predicted molar refractivity (Wildman–Crippen MR) is 56.0 cm³/mol. The van der Waals surface area contributed by atoms with Gasteiger partial charge in [-0.25, -0.2) is 9.52 Å². The molecule has 0 aromatic rings. The third-order valence-electron chi connectivity index (χ3n) is 2.66. The quantitative estimate of drug-likeness (QED) is 0.656. The molecule has 2 N–H and O–H groups in total. The molecule has 0 spiro atoms. The highest BCUT2D eigenvalue weighted by Crippen LogP contribution is 2.30. The molecule has 0 bridgehead atoms. The van der Waals surface area contributed by atoms with Crippen molar-refractivity contribution in [2.24, 2.45) is 0 Å². The Morgan fingerprint density at radius 3 is 2.75 bits per heavy atom. The van der Waals surface area contributed by atoms with Gasteiger partial charge in [-0.1, -0.05) is 0 Å². The van der Waals surface area contributed by atoms with E-state index in [-0.39, 0.29) is 12.6 Å². The third-order valence-corrected chi connectivity index (χ3v) is 3.74. The summed E-state index contributed by atoms with van der Waals surface area (Å²) >= 11 is 0. The zero-order chi connectivity index (χ0) is 11.8. The number of ether oxygens (including phenoxy) is 1. The maximum Gasteiger partial charge on any atom is 0.410 e. The molecule has 7 nitrogen and oxygen atoms in total. The zero-order valence-corrected chi connectivity index (χ0v) is 9.79. The van der Waals surface area contributed by atoms with Crippen molar-refractivity contribution in [3.63, 3.8) is 0 Å². The molecule has 8 heteroatoms. The van der Waals surface area contributed by atoms with Crippen molar-refractivity contribution in [1.29, 1.82) is 0 Å². The van der Waals surface area contributed by atoms with E-state index in [1.165, 1.54) is 7.05 Å². The summed E-state index contributed by atoms with van der Waals surface area (Å²) in [4.78, 5) is 13.0. The molecular formula is C8H15N3O4S. The van der Waals surface area contributed by atoms with Crippen LogP contribution in [-0.4, -0.2) is 51.7 Å². The number of nitrogens with one attached hydrogen (secondary N) is 2. The molecule has 1 aliphatic heterocycles. The van der Waals surface area contributed by atoms with Gasteiger partial charge in [-0.3, -0.25) is 0 Å². The second-order valence-electron chi connectivity index (χ2n) is 3.95. The van der Waals surface area contributed by atoms with Crippen molar-refractivity contribution in [3.8, 4) is 0 Å². The van der Waals surface area contributed by atoms with E-state index in [2.05, 4.69) is 9.44 Å². The number of hydrogen-bond acceptors (Lipinski definition) is 4. The van der Waals surface area contributed by atoms with Gasteiger partial charge in [0.15, 0.2) is 0 Å². The van der Waals surface area contributed by atoms with Crippen molar-refractivity contribution in [1.82, 2.24) is 14.3 Å². The van der Waals surface area contributed by atoms with Crippen molar-refractivity contribution in [3.05, 3.63) is 0 Å². The number of rotatable bonds is 5. The van der Waals surface area contributed by atoms with Crippen LogP contribution in [0.15, 0.2) is 0 Å². The average Bonchev–Trinajstić information content (AvgIpc) is 3.01. The summed E-state index contributed by atoms with van der Waals surface area (Å²) < 4.78 is 31.7. The summed E-state index contributed by atoms with van der Waals surface area (Å²) in [5.74, 6) is 0. The van der Waals surface area contributed by atoms with E-state index in [9.17, 15) is 13.2 Å². The van der Waals surface area contributed by atoms with E-state index in [4.69, 9.17) is 4.74 Å². The molecule has 1 amide bonds. The van der Waals surface area contributed by atoms with E-state index in [0.717, 1.165) is 12.8 Å². The highest BCUT2D eigenvalue weighted by molar-refractivity contribution is 7.87. The van der Waals surface area contributed by atoms with E-state index < -0.39 is 16.3 Å². The van der Waals surface area contributed by atoms with Crippen LogP contribution < -0.4 is 9.44 Å². The first kappa shape index (κ1) is 11.6. The van der Waals surface area contributed by atoms with Crippen molar-refractivity contribution in [2.75, 3.05) is 20.1 Å². The Morgan fingerprint density at radius 2 is 2.19 bits per heavy atom. The Hall–Kier alpha value is -0.860. The normalized spacial score (nSPS) is 25.9. The molecule has 1 unspecified atom stereocenters. The Balaban J connectivity index is 1.82. The van der Waals surface area contributed by atoms with Gasteiger partial charge in [0.05, 0.1) is 13.1 Å². The van der Waals surface area contributed by atoms with Crippen LogP contribution in [0.2, 0.25) is 0 Å². The first-order valence-electron chi connectivity index (χ1n) is 5.17. The van der Waals surface area contributed by atoms with Crippen LogP contribution in [-0.2, 0) is 14.9 Å². The van der Waals surface area contributed by atoms with Gasteiger partial charge in [-0.15, -0.1) is 0 Å². The number of carbonyl (C=O) groups is 1. The van der Waals surface area contributed by atoms with Crippen molar-refractivity contribution in [2.45, 2.75) is 25.0 Å². The van der Waals surface area contributed by atoms with Gasteiger partial charge in [-0.2, -0.15) is 13.1 Å². The van der Waals surface area contributed by atoms with E-state index >= 15 is 0 Å². The summed E-state index contributed by atoms with van der Waals surface area (Å²) in [6.45, 7) is 0.577. The summed E-state index contributed by atoms with van der Waals surface area (Å²) in [6, 6.07) is 0.304. The van der Waals surface area contributed by atoms with Gasteiger partial charge in [0.2, 0.25) is 0 Å². The fourth-order valence-electron chi connectivity index (χ4n) is 1.61. The molecule has 16 heavy (non-hydrogen) atoms. The molecule has 2 fully saturated rings. The molecule has 1 saturated heterocycles. The lowest BCUT2D eigenvalue weighted by molar-refractivity contribution is 0.133. The third kappa shape index (κ3) is 2.63. The fourth-order valence-corrected chi connectivity index (χ4v) is 2.16. The van der Waals surface area contributed by atoms with E-state index in [0.29, 0.717) is 12.6 Å². The number of amides is 1. The maximum absolute atomic E-state index is 11.4. The summed E-state index contributed by atoms with van der Waals surface area (Å²) in [7, 11) is -2.14. The first-order chi connectivity index (χ1) is 7.52. The standard InChI is InChI=1S/C8H15N3O4S/c1-9-16(13,14)10-4-7-5-11(6-2-3-6)8(12)15-7/h6-7,9-10H,2-5H2,1H3. The monoisotopic (exact) mass is 249 g/mol. The lowest BCUT2D eigenvalue weighted by atomic mass is 10.3. The van der Waals surface area contributed by atoms with Gasteiger partial charge in [0, 0.05) is 13.1 Å². The highest BCUT2D eigenvalue weighted by Gasteiger charge is 2.40. The van der Waals surface area contributed by atoms with Crippen LogP contribution in [0.1, 0.15) is 12.8 Å². The minimum atomic E-state index is -3.46. The molecule has 1 aliphatic carbocycles. The smallest absolute Gasteiger partial charge is 0.410 e. The van der Waals surface area contributed by atoms with Crippen molar-refractivity contribution >= 4 is 16.3 Å². The molecule has 2 rings (SSSR count). The number of hydrogen-bond donors (Lipinski definition) is 2. The second-order valence-corrected chi connectivity index (χ2v) is 5.65. The molecule has 92 valence electrons. The molecule has 0 aromatic carbocycles. The Bertz CT molecular complexity index is 379. The molecule has 1 saturated carbocycles. The molecule has 1 atom stereocenters. The van der Waals surface area contributed by atoms with Gasteiger partial charge in [0.1, 0.15) is 6.10 Å². The Labute approximate surface area is 94.3 Å². The van der Waals surface area contributed by atoms with Gasteiger partial charge in [-0.05, 0) is 12.8 Å². The minimum absolute atomic E-state index is 0.109. The topological polar surface area (TPSA) is 87.7 Å².